The number of esters is 1. The molecule has 1 aromatic rings. The van der Waals surface area contributed by atoms with Gasteiger partial charge < -0.3 is 19.8 Å². The normalized spacial score (nSPS) is 10.6. The predicted molar refractivity (Wildman–Crippen MR) is 67.0 cm³/mol. The van der Waals surface area contributed by atoms with E-state index in [0.29, 0.717) is 6.61 Å². The molecule has 0 bridgehead atoms. The van der Waals surface area contributed by atoms with Gasteiger partial charge in [-0.25, -0.2) is 4.79 Å². The third-order valence-electron chi connectivity index (χ3n) is 2.90. The van der Waals surface area contributed by atoms with Crippen LogP contribution in [0.4, 0.5) is 0 Å². The Bertz CT molecular complexity index is 402. The number of benzene rings is 1. The molecular weight excluding hydrogens is 234 g/mol. The fraction of sp³-hybridized carbons (Fsp3) is 0.462. The van der Waals surface area contributed by atoms with E-state index in [1.807, 2.05) is 0 Å². The van der Waals surface area contributed by atoms with E-state index >= 15 is 0 Å². The second-order valence-electron chi connectivity index (χ2n) is 4.05. The Morgan fingerprint density at radius 2 is 1.89 bits per heavy atom. The Morgan fingerprint density at radius 1 is 1.22 bits per heavy atom. The van der Waals surface area contributed by atoms with Gasteiger partial charge in [0.05, 0.1) is 18.7 Å². The number of phenolic OH excluding ortho intramolecular Hbond substituents is 2. The fourth-order valence-electron chi connectivity index (χ4n) is 1.63. The molecule has 0 saturated heterocycles. The van der Waals surface area contributed by atoms with Gasteiger partial charge in [-0.2, -0.15) is 0 Å². The Labute approximate surface area is 107 Å². The standard InChI is InChI=1S/C13H19NO4/c1-3-14(4-2)7-8-18-13(17)10-5-6-11(15)12(16)9-10/h5-6,9,15-16H,3-4,7-8H2,1-2H3/p+1. The van der Waals surface area contributed by atoms with Crippen LogP contribution in [0.3, 0.4) is 0 Å². The average Bonchev–Trinajstić information content (AvgIpc) is 2.37. The molecule has 18 heavy (non-hydrogen) atoms. The van der Waals surface area contributed by atoms with Crippen molar-refractivity contribution in [1.82, 2.24) is 0 Å². The number of ether oxygens (including phenoxy) is 1. The molecule has 0 fully saturated rings. The molecule has 0 spiro atoms. The number of hydrogen-bond acceptors (Lipinski definition) is 4. The molecule has 3 N–H and O–H groups in total. The highest BCUT2D eigenvalue weighted by Gasteiger charge is 2.11. The summed E-state index contributed by atoms with van der Waals surface area (Å²) in [6, 6.07) is 3.88. The van der Waals surface area contributed by atoms with Crippen molar-refractivity contribution >= 4 is 5.97 Å². The summed E-state index contributed by atoms with van der Waals surface area (Å²) in [5, 5.41) is 18.4. The van der Waals surface area contributed by atoms with Crippen molar-refractivity contribution in [3.8, 4) is 11.5 Å². The van der Waals surface area contributed by atoms with Crippen LogP contribution in [0, 0.1) is 0 Å². The molecule has 1 rings (SSSR count). The smallest absolute Gasteiger partial charge is 0.338 e. The first-order chi connectivity index (χ1) is 8.58. The maximum Gasteiger partial charge on any atom is 0.338 e. The van der Waals surface area contributed by atoms with Crippen LogP contribution in [0.5, 0.6) is 11.5 Å². The summed E-state index contributed by atoms with van der Waals surface area (Å²) in [5.74, 6) is -1.06. The number of carbonyl (C=O) groups is 1. The largest absolute Gasteiger partial charge is 0.504 e. The summed E-state index contributed by atoms with van der Waals surface area (Å²) in [5.41, 5.74) is 0.236. The van der Waals surface area contributed by atoms with Crippen LogP contribution in [0.15, 0.2) is 18.2 Å². The quantitative estimate of drug-likeness (QED) is 0.500. The second-order valence-corrected chi connectivity index (χ2v) is 4.05. The van der Waals surface area contributed by atoms with E-state index in [1.165, 1.54) is 23.1 Å². The lowest BCUT2D eigenvalue weighted by atomic mass is 10.2. The van der Waals surface area contributed by atoms with E-state index in [1.54, 1.807) is 0 Å². The molecule has 0 heterocycles. The molecule has 0 radical (unpaired) electrons. The maximum atomic E-state index is 11.6. The number of phenols is 2. The Kier molecular flexibility index (Phi) is 5.45. The third kappa shape index (κ3) is 3.92. The van der Waals surface area contributed by atoms with Gasteiger partial charge in [0.25, 0.3) is 0 Å². The monoisotopic (exact) mass is 254 g/mol. The van der Waals surface area contributed by atoms with E-state index in [-0.39, 0.29) is 17.1 Å². The van der Waals surface area contributed by atoms with Gasteiger partial charge in [0.2, 0.25) is 0 Å². The Balaban J connectivity index is 2.48. The van der Waals surface area contributed by atoms with Crippen LogP contribution in [-0.4, -0.2) is 42.4 Å². The first-order valence-corrected chi connectivity index (χ1v) is 6.11. The van der Waals surface area contributed by atoms with Gasteiger partial charge in [0.1, 0.15) is 13.2 Å². The molecule has 0 aromatic heterocycles. The molecule has 5 nitrogen and oxygen atoms in total. The molecule has 0 atom stereocenters. The molecule has 0 aliphatic carbocycles. The highest BCUT2D eigenvalue weighted by atomic mass is 16.5. The number of quaternary nitrogens is 1. The maximum absolute atomic E-state index is 11.6. The zero-order valence-electron chi connectivity index (χ0n) is 10.8. The Hall–Kier alpha value is -1.75. The zero-order chi connectivity index (χ0) is 13.5. The van der Waals surface area contributed by atoms with Crippen LogP contribution < -0.4 is 4.90 Å². The summed E-state index contributed by atoms with van der Waals surface area (Å²) < 4.78 is 5.10. The minimum absolute atomic E-state index is 0.236. The van der Waals surface area contributed by atoms with Crippen molar-refractivity contribution in [2.45, 2.75) is 13.8 Å². The molecule has 5 heteroatoms. The van der Waals surface area contributed by atoms with E-state index in [9.17, 15) is 9.90 Å². The van der Waals surface area contributed by atoms with E-state index in [4.69, 9.17) is 9.84 Å². The van der Waals surface area contributed by atoms with Gasteiger partial charge in [-0.05, 0) is 32.0 Å². The minimum atomic E-state index is -0.489. The molecule has 0 saturated carbocycles. The van der Waals surface area contributed by atoms with Gasteiger partial charge in [0.15, 0.2) is 11.5 Å². The van der Waals surface area contributed by atoms with Crippen molar-refractivity contribution in [2.24, 2.45) is 0 Å². The van der Waals surface area contributed by atoms with E-state index < -0.39 is 5.97 Å². The number of nitrogens with one attached hydrogen (secondary N) is 1. The fourth-order valence-corrected chi connectivity index (χ4v) is 1.63. The lowest BCUT2D eigenvalue weighted by Gasteiger charge is -2.15. The minimum Gasteiger partial charge on any atom is -0.504 e. The molecule has 0 unspecified atom stereocenters. The summed E-state index contributed by atoms with van der Waals surface area (Å²) in [7, 11) is 0. The lowest BCUT2D eigenvalue weighted by Crippen LogP contribution is -3.11. The number of likely N-dealkylation sites (N-methyl/N-ethyl adjacent to an activating group) is 1. The van der Waals surface area contributed by atoms with Crippen LogP contribution >= 0.6 is 0 Å². The molecule has 0 aliphatic heterocycles. The van der Waals surface area contributed by atoms with Gasteiger partial charge in [-0.3, -0.25) is 0 Å². The highest BCUT2D eigenvalue weighted by molar-refractivity contribution is 5.90. The second kappa shape index (κ2) is 6.86. The van der Waals surface area contributed by atoms with Crippen LogP contribution in [0.25, 0.3) is 0 Å². The predicted octanol–water partition coefficient (Wildman–Crippen LogP) is 0.179. The van der Waals surface area contributed by atoms with Crippen molar-refractivity contribution in [3.05, 3.63) is 23.8 Å². The van der Waals surface area contributed by atoms with E-state index in [2.05, 4.69) is 13.8 Å². The zero-order valence-corrected chi connectivity index (χ0v) is 10.8. The molecule has 1 aromatic carbocycles. The summed E-state index contributed by atoms with van der Waals surface area (Å²) >= 11 is 0. The molecular formula is C13H20NO4+. The summed E-state index contributed by atoms with van der Waals surface area (Å²) in [6.45, 7) is 7.26. The molecule has 0 amide bonds. The van der Waals surface area contributed by atoms with Gasteiger partial charge >= 0.3 is 5.97 Å². The first-order valence-electron chi connectivity index (χ1n) is 6.11. The average molecular weight is 254 g/mol. The summed E-state index contributed by atoms with van der Waals surface area (Å²) in [6.07, 6.45) is 0. The number of rotatable bonds is 6. The topological polar surface area (TPSA) is 71.2 Å². The number of aromatic hydroxyl groups is 2. The Morgan fingerprint density at radius 3 is 2.44 bits per heavy atom. The van der Waals surface area contributed by atoms with Gasteiger partial charge in [-0.15, -0.1) is 0 Å². The van der Waals surface area contributed by atoms with Gasteiger partial charge in [0, 0.05) is 0 Å². The molecule has 100 valence electrons. The highest BCUT2D eigenvalue weighted by Crippen LogP contribution is 2.24. The van der Waals surface area contributed by atoms with Crippen molar-refractivity contribution in [3.63, 3.8) is 0 Å². The SMILES string of the molecule is CC[NH+](CC)CCOC(=O)c1ccc(O)c(O)c1. The van der Waals surface area contributed by atoms with Crippen LogP contribution in [-0.2, 0) is 4.74 Å². The summed E-state index contributed by atoms with van der Waals surface area (Å²) in [4.78, 5) is 13.0. The van der Waals surface area contributed by atoms with Crippen molar-refractivity contribution in [2.75, 3.05) is 26.2 Å². The van der Waals surface area contributed by atoms with Crippen molar-refractivity contribution < 1.29 is 24.6 Å². The number of carbonyl (C=O) groups excluding carboxylic acids is 1. The van der Waals surface area contributed by atoms with E-state index in [0.717, 1.165) is 19.6 Å². The van der Waals surface area contributed by atoms with Crippen LogP contribution in [0.1, 0.15) is 24.2 Å². The van der Waals surface area contributed by atoms with Crippen molar-refractivity contribution in [1.29, 1.82) is 0 Å². The third-order valence-corrected chi connectivity index (χ3v) is 2.90. The molecule has 0 aliphatic rings. The number of hydrogen-bond donors (Lipinski definition) is 3. The first kappa shape index (κ1) is 14.3. The van der Waals surface area contributed by atoms with Gasteiger partial charge in [-0.1, -0.05) is 0 Å². The van der Waals surface area contributed by atoms with Crippen LogP contribution in [0.2, 0.25) is 0 Å². The lowest BCUT2D eigenvalue weighted by molar-refractivity contribution is -0.896.